The van der Waals surface area contributed by atoms with Gasteiger partial charge in [0.15, 0.2) is 0 Å². The molecular formula is C9H11BO5. The Morgan fingerprint density at radius 2 is 2.00 bits per heavy atom. The zero-order valence-electron chi connectivity index (χ0n) is 8.43. The van der Waals surface area contributed by atoms with Gasteiger partial charge in [-0.3, -0.25) is 0 Å². The maximum atomic E-state index is 11.3. The first-order valence-corrected chi connectivity index (χ1v) is 4.22. The summed E-state index contributed by atoms with van der Waals surface area (Å²) in [6.07, 6.45) is 0. The van der Waals surface area contributed by atoms with Gasteiger partial charge in [-0.05, 0) is 18.2 Å². The molecule has 6 heteroatoms. The summed E-state index contributed by atoms with van der Waals surface area (Å²) in [6.45, 7) is 0. The van der Waals surface area contributed by atoms with Crippen LogP contribution in [0.15, 0.2) is 18.2 Å². The SMILES string of the molecule is COC(=O)c1ccc(OC)cc1B(O)O. The van der Waals surface area contributed by atoms with Crippen molar-refractivity contribution in [1.29, 1.82) is 0 Å². The second-order valence-corrected chi connectivity index (χ2v) is 2.82. The number of ether oxygens (including phenoxy) is 2. The Morgan fingerprint density at radius 1 is 1.33 bits per heavy atom. The molecule has 0 spiro atoms. The maximum absolute atomic E-state index is 11.3. The molecule has 0 atom stereocenters. The summed E-state index contributed by atoms with van der Waals surface area (Å²) < 4.78 is 9.40. The van der Waals surface area contributed by atoms with Crippen LogP contribution in [0, 0.1) is 0 Å². The topological polar surface area (TPSA) is 76.0 Å². The van der Waals surface area contributed by atoms with Crippen molar-refractivity contribution in [3.8, 4) is 5.75 Å². The number of methoxy groups -OCH3 is 2. The molecule has 0 aliphatic rings. The lowest BCUT2D eigenvalue weighted by Gasteiger charge is -2.08. The lowest BCUT2D eigenvalue weighted by molar-refractivity contribution is 0.0601. The lowest BCUT2D eigenvalue weighted by atomic mass is 9.77. The Morgan fingerprint density at radius 3 is 2.47 bits per heavy atom. The van der Waals surface area contributed by atoms with E-state index in [1.165, 1.54) is 32.4 Å². The molecule has 0 bridgehead atoms. The fourth-order valence-electron chi connectivity index (χ4n) is 1.18. The van der Waals surface area contributed by atoms with Gasteiger partial charge in [0.1, 0.15) is 5.75 Å². The largest absolute Gasteiger partial charge is 0.497 e. The Kier molecular flexibility index (Phi) is 3.71. The van der Waals surface area contributed by atoms with E-state index >= 15 is 0 Å². The summed E-state index contributed by atoms with van der Waals surface area (Å²) in [5.74, 6) is -0.188. The minimum atomic E-state index is -1.74. The Bertz CT molecular complexity index is 364. The first kappa shape index (κ1) is 11.5. The monoisotopic (exact) mass is 210 g/mol. The van der Waals surface area contributed by atoms with Gasteiger partial charge in [0.2, 0.25) is 0 Å². The van der Waals surface area contributed by atoms with E-state index in [2.05, 4.69) is 4.74 Å². The van der Waals surface area contributed by atoms with E-state index in [-0.39, 0.29) is 11.0 Å². The van der Waals surface area contributed by atoms with Crippen molar-refractivity contribution in [1.82, 2.24) is 0 Å². The van der Waals surface area contributed by atoms with Crippen molar-refractivity contribution >= 4 is 18.6 Å². The number of carbonyl (C=O) groups excluding carboxylic acids is 1. The lowest BCUT2D eigenvalue weighted by Crippen LogP contribution is -2.35. The van der Waals surface area contributed by atoms with Crippen molar-refractivity contribution in [2.45, 2.75) is 0 Å². The number of benzene rings is 1. The summed E-state index contributed by atoms with van der Waals surface area (Å²) in [7, 11) is 0.926. The molecule has 1 aromatic carbocycles. The third-order valence-electron chi connectivity index (χ3n) is 1.94. The van der Waals surface area contributed by atoms with Gasteiger partial charge < -0.3 is 19.5 Å². The van der Waals surface area contributed by atoms with Gasteiger partial charge in [0.05, 0.1) is 19.8 Å². The number of hydrogen-bond acceptors (Lipinski definition) is 5. The van der Waals surface area contributed by atoms with Crippen LogP contribution in [-0.4, -0.2) is 37.4 Å². The molecule has 0 heterocycles. The number of rotatable bonds is 3. The summed E-state index contributed by atoms with van der Waals surface area (Å²) in [5.41, 5.74) is 0.162. The minimum Gasteiger partial charge on any atom is -0.497 e. The zero-order valence-corrected chi connectivity index (χ0v) is 8.43. The van der Waals surface area contributed by atoms with Crippen LogP contribution in [0.3, 0.4) is 0 Å². The summed E-state index contributed by atoms with van der Waals surface area (Å²) in [4.78, 5) is 11.3. The van der Waals surface area contributed by atoms with Crippen molar-refractivity contribution in [2.24, 2.45) is 0 Å². The minimum absolute atomic E-state index is 0.0567. The van der Waals surface area contributed by atoms with E-state index in [1.54, 1.807) is 0 Å². The van der Waals surface area contributed by atoms with Gasteiger partial charge in [0.25, 0.3) is 0 Å². The third-order valence-corrected chi connectivity index (χ3v) is 1.94. The van der Waals surface area contributed by atoms with Crippen molar-refractivity contribution < 1.29 is 24.3 Å². The smallest absolute Gasteiger partial charge is 0.489 e. The van der Waals surface area contributed by atoms with Crippen LogP contribution in [0.1, 0.15) is 10.4 Å². The van der Waals surface area contributed by atoms with Gasteiger partial charge >= 0.3 is 13.1 Å². The fourth-order valence-corrected chi connectivity index (χ4v) is 1.18. The van der Waals surface area contributed by atoms with Crippen LogP contribution in [0.2, 0.25) is 0 Å². The first-order chi connectivity index (χ1) is 7.10. The molecule has 0 aliphatic heterocycles. The van der Waals surface area contributed by atoms with Gasteiger partial charge in [-0.25, -0.2) is 4.79 Å². The predicted octanol–water partition coefficient (Wildman–Crippen LogP) is -0.838. The highest BCUT2D eigenvalue weighted by molar-refractivity contribution is 6.60. The Labute approximate surface area is 87.4 Å². The standard InChI is InChI=1S/C9H11BO5/c1-14-6-3-4-7(9(11)15-2)8(5-6)10(12)13/h3-5,12-13H,1-2H3. The molecule has 0 aromatic heterocycles. The maximum Gasteiger partial charge on any atom is 0.489 e. The van der Waals surface area contributed by atoms with E-state index in [0.29, 0.717) is 5.75 Å². The highest BCUT2D eigenvalue weighted by Gasteiger charge is 2.21. The second-order valence-electron chi connectivity index (χ2n) is 2.82. The molecule has 0 radical (unpaired) electrons. The zero-order chi connectivity index (χ0) is 11.4. The second kappa shape index (κ2) is 4.81. The first-order valence-electron chi connectivity index (χ1n) is 4.22. The van der Waals surface area contributed by atoms with E-state index < -0.39 is 13.1 Å². The van der Waals surface area contributed by atoms with Crippen LogP contribution in [-0.2, 0) is 4.74 Å². The highest BCUT2D eigenvalue weighted by Crippen LogP contribution is 2.10. The predicted molar refractivity (Wildman–Crippen MR) is 54.2 cm³/mol. The molecule has 80 valence electrons. The van der Waals surface area contributed by atoms with Gasteiger partial charge in [-0.2, -0.15) is 0 Å². The van der Waals surface area contributed by atoms with E-state index in [9.17, 15) is 4.79 Å². The Hall–Kier alpha value is -1.53. The molecule has 1 rings (SSSR count). The van der Waals surface area contributed by atoms with Crippen LogP contribution >= 0.6 is 0 Å². The quantitative estimate of drug-likeness (QED) is 0.502. The molecule has 0 saturated carbocycles. The Balaban J connectivity index is 3.21. The molecule has 15 heavy (non-hydrogen) atoms. The van der Waals surface area contributed by atoms with Crippen molar-refractivity contribution in [3.05, 3.63) is 23.8 Å². The molecule has 0 saturated heterocycles. The number of hydrogen-bond donors (Lipinski definition) is 2. The van der Waals surface area contributed by atoms with Crippen LogP contribution in [0.4, 0.5) is 0 Å². The fraction of sp³-hybridized carbons (Fsp3) is 0.222. The molecule has 2 N–H and O–H groups in total. The number of carbonyl (C=O) groups is 1. The van der Waals surface area contributed by atoms with E-state index in [4.69, 9.17) is 14.8 Å². The molecule has 0 aliphatic carbocycles. The summed E-state index contributed by atoms with van der Waals surface area (Å²) in [5, 5.41) is 18.1. The molecular weight excluding hydrogens is 199 g/mol. The van der Waals surface area contributed by atoms with Gasteiger partial charge in [0, 0.05) is 5.46 Å². The summed E-state index contributed by atoms with van der Waals surface area (Å²) >= 11 is 0. The average Bonchev–Trinajstić information content (AvgIpc) is 2.27. The molecule has 0 amide bonds. The van der Waals surface area contributed by atoms with Crippen LogP contribution < -0.4 is 10.2 Å². The van der Waals surface area contributed by atoms with Crippen molar-refractivity contribution in [3.63, 3.8) is 0 Å². The van der Waals surface area contributed by atoms with E-state index in [0.717, 1.165) is 0 Å². The van der Waals surface area contributed by atoms with E-state index in [1.807, 2.05) is 0 Å². The normalized spacial score (nSPS) is 9.60. The third kappa shape index (κ3) is 2.48. The van der Waals surface area contributed by atoms with Crippen LogP contribution in [0.25, 0.3) is 0 Å². The molecule has 0 fully saturated rings. The van der Waals surface area contributed by atoms with Crippen molar-refractivity contribution in [2.75, 3.05) is 14.2 Å². The summed E-state index contributed by atoms with van der Waals surface area (Å²) in [6, 6.07) is 4.33. The van der Waals surface area contributed by atoms with Gasteiger partial charge in [-0.15, -0.1) is 0 Å². The molecule has 0 unspecified atom stereocenters. The molecule has 5 nitrogen and oxygen atoms in total. The van der Waals surface area contributed by atoms with Crippen LogP contribution in [0.5, 0.6) is 5.75 Å². The van der Waals surface area contributed by atoms with Gasteiger partial charge in [-0.1, -0.05) is 0 Å². The average molecular weight is 210 g/mol. The highest BCUT2D eigenvalue weighted by atomic mass is 16.5. The molecule has 1 aromatic rings. The number of esters is 1.